The van der Waals surface area contributed by atoms with Crippen LogP contribution in [0.1, 0.15) is 25.3 Å². The summed E-state index contributed by atoms with van der Waals surface area (Å²) in [4.78, 5) is 13.4. The zero-order chi connectivity index (χ0) is 14.5. The molecule has 0 radical (unpaired) electrons. The molecule has 1 amide bonds. The number of nitrogens with zero attached hydrogens (tertiary/aromatic N) is 1. The van der Waals surface area contributed by atoms with Gasteiger partial charge in [-0.2, -0.15) is 0 Å². The molecular formula is C15H20Cl2N2O. The summed E-state index contributed by atoms with van der Waals surface area (Å²) in [6.45, 7) is 5.19. The van der Waals surface area contributed by atoms with Crippen molar-refractivity contribution in [2.24, 2.45) is 5.92 Å². The van der Waals surface area contributed by atoms with Gasteiger partial charge in [0, 0.05) is 36.6 Å². The Morgan fingerprint density at radius 3 is 3.00 bits per heavy atom. The number of likely N-dealkylation sites (tertiary alicyclic amines) is 1. The molecule has 1 aliphatic heterocycles. The second-order valence-electron chi connectivity index (χ2n) is 5.42. The van der Waals surface area contributed by atoms with Crippen molar-refractivity contribution in [1.82, 2.24) is 10.2 Å². The summed E-state index contributed by atoms with van der Waals surface area (Å²) in [5, 5.41) is 4.39. The van der Waals surface area contributed by atoms with Gasteiger partial charge < -0.3 is 5.32 Å². The Morgan fingerprint density at radius 2 is 2.25 bits per heavy atom. The van der Waals surface area contributed by atoms with E-state index in [2.05, 4.69) is 10.2 Å². The predicted molar refractivity (Wildman–Crippen MR) is 83.1 cm³/mol. The van der Waals surface area contributed by atoms with Crippen molar-refractivity contribution in [3.8, 4) is 0 Å². The lowest BCUT2D eigenvalue weighted by molar-refractivity contribution is -0.119. The molecule has 5 heteroatoms. The minimum absolute atomic E-state index is 0.0417. The number of carbonyl (C=O) groups is 1. The average molecular weight is 315 g/mol. The molecule has 0 saturated carbocycles. The van der Waals surface area contributed by atoms with Gasteiger partial charge in [-0.05, 0) is 49.1 Å². The minimum Gasteiger partial charge on any atom is -0.356 e. The summed E-state index contributed by atoms with van der Waals surface area (Å²) in [6, 6.07) is 5.59. The number of hydrogen-bond donors (Lipinski definition) is 1. The van der Waals surface area contributed by atoms with E-state index < -0.39 is 0 Å². The van der Waals surface area contributed by atoms with Crippen molar-refractivity contribution in [2.75, 3.05) is 19.6 Å². The lowest BCUT2D eigenvalue weighted by Crippen LogP contribution is -2.40. The highest BCUT2D eigenvalue weighted by atomic mass is 35.5. The van der Waals surface area contributed by atoms with E-state index in [0.29, 0.717) is 5.92 Å². The molecule has 1 fully saturated rings. The number of rotatable bonds is 4. The van der Waals surface area contributed by atoms with Crippen molar-refractivity contribution < 1.29 is 4.79 Å². The summed E-state index contributed by atoms with van der Waals surface area (Å²) in [6.07, 6.45) is 2.32. The summed E-state index contributed by atoms with van der Waals surface area (Å²) in [7, 11) is 0. The molecule has 0 bridgehead atoms. The first-order chi connectivity index (χ1) is 9.54. The minimum atomic E-state index is 0.0417. The molecular weight excluding hydrogens is 295 g/mol. The van der Waals surface area contributed by atoms with Crippen molar-refractivity contribution >= 4 is 29.1 Å². The number of nitrogens with one attached hydrogen (secondary N) is 1. The summed E-state index contributed by atoms with van der Waals surface area (Å²) < 4.78 is 0. The summed E-state index contributed by atoms with van der Waals surface area (Å²) >= 11 is 12.2. The molecule has 3 nitrogen and oxygen atoms in total. The van der Waals surface area contributed by atoms with Gasteiger partial charge in [0.05, 0.1) is 0 Å². The standard InChI is InChI=1S/C15H20Cl2N2O/c1-11(20)18-8-12-3-2-6-19(9-12)10-13-7-14(16)4-5-15(13)17/h4-5,7,12H,2-3,6,8-10H2,1H3,(H,18,20). The van der Waals surface area contributed by atoms with Gasteiger partial charge in [0.2, 0.25) is 5.91 Å². The van der Waals surface area contributed by atoms with Gasteiger partial charge in [0.15, 0.2) is 0 Å². The fourth-order valence-electron chi connectivity index (χ4n) is 2.65. The van der Waals surface area contributed by atoms with Crippen LogP contribution in [0, 0.1) is 5.92 Å². The highest BCUT2D eigenvalue weighted by molar-refractivity contribution is 6.33. The molecule has 0 aliphatic carbocycles. The van der Waals surface area contributed by atoms with Gasteiger partial charge in [0.25, 0.3) is 0 Å². The molecule has 1 heterocycles. The first kappa shape index (κ1) is 15.6. The predicted octanol–water partition coefficient (Wildman–Crippen LogP) is 3.34. The first-order valence-electron chi connectivity index (χ1n) is 6.95. The Balaban J connectivity index is 1.92. The van der Waals surface area contributed by atoms with E-state index in [4.69, 9.17) is 23.2 Å². The van der Waals surface area contributed by atoms with Crippen molar-refractivity contribution in [3.63, 3.8) is 0 Å². The SMILES string of the molecule is CC(=O)NCC1CCCN(Cc2cc(Cl)ccc2Cl)C1. The van der Waals surface area contributed by atoms with Gasteiger partial charge >= 0.3 is 0 Å². The average Bonchev–Trinajstić information content (AvgIpc) is 2.41. The molecule has 1 unspecified atom stereocenters. The van der Waals surface area contributed by atoms with Gasteiger partial charge in [0.1, 0.15) is 0 Å². The molecule has 1 atom stereocenters. The second-order valence-corrected chi connectivity index (χ2v) is 6.26. The second kappa shape index (κ2) is 7.30. The number of benzene rings is 1. The first-order valence-corrected chi connectivity index (χ1v) is 7.71. The monoisotopic (exact) mass is 314 g/mol. The summed E-state index contributed by atoms with van der Waals surface area (Å²) in [5.41, 5.74) is 1.07. The smallest absolute Gasteiger partial charge is 0.216 e. The van der Waals surface area contributed by atoms with Gasteiger partial charge in [-0.3, -0.25) is 9.69 Å². The van der Waals surface area contributed by atoms with Crippen LogP contribution in [0.25, 0.3) is 0 Å². The molecule has 1 aromatic carbocycles. The molecule has 110 valence electrons. The Morgan fingerprint density at radius 1 is 1.45 bits per heavy atom. The van der Waals surface area contributed by atoms with Crippen LogP contribution in [-0.2, 0) is 11.3 Å². The molecule has 1 aliphatic rings. The van der Waals surface area contributed by atoms with Gasteiger partial charge in [-0.25, -0.2) is 0 Å². The van der Waals surface area contributed by atoms with E-state index in [-0.39, 0.29) is 5.91 Å². The highest BCUT2D eigenvalue weighted by Gasteiger charge is 2.20. The molecule has 1 saturated heterocycles. The highest BCUT2D eigenvalue weighted by Crippen LogP contribution is 2.24. The summed E-state index contributed by atoms with van der Waals surface area (Å²) in [5.74, 6) is 0.561. The van der Waals surface area contributed by atoms with E-state index in [0.717, 1.165) is 48.2 Å². The van der Waals surface area contributed by atoms with E-state index in [9.17, 15) is 4.79 Å². The van der Waals surface area contributed by atoms with Crippen LogP contribution in [0.4, 0.5) is 0 Å². The fraction of sp³-hybridized carbons (Fsp3) is 0.533. The molecule has 0 spiro atoms. The van der Waals surface area contributed by atoms with Crippen LogP contribution in [0.2, 0.25) is 10.0 Å². The molecule has 20 heavy (non-hydrogen) atoms. The lowest BCUT2D eigenvalue weighted by Gasteiger charge is -2.33. The molecule has 1 aromatic rings. The maximum absolute atomic E-state index is 11.0. The largest absolute Gasteiger partial charge is 0.356 e. The van der Waals surface area contributed by atoms with E-state index in [1.807, 2.05) is 18.2 Å². The van der Waals surface area contributed by atoms with Crippen LogP contribution in [0.3, 0.4) is 0 Å². The van der Waals surface area contributed by atoms with Crippen molar-refractivity contribution in [1.29, 1.82) is 0 Å². The number of carbonyl (C=O) groups excluding carboxylic acids is 1. The Bertz CT molecular complexity index is 479. The zero-order valence-electron chi connectivity index (χ0n) is 11.7. The van der Waals surface area contributed by atoms with E-state index >= 15 is 0 Å². The number of hydrogen-bond acceptors (Lipinski definition) is 2. The fourth-order valence-corrected chi connectivity index (χ4v) is 3.03. The number of piperidine rings is 1. The van der Waals surface area contributed by atoms with Crippen LogP contribution < -0.4 is 5.32 Å². The third-order valence-corrected chi connectivity index (χ3v) is 4.25. The zero-order valence-corrected chi connectivity index (χ0v) is 13.2. The maximum atomic E-state index is 11.0. The molecule has 2 rings (SSSR count). The van der Waals surface area contributed by atoms with Crippen LogP contribution in [0.15, 0.2) is 18.2 Å². The van der Waals surface area contributed by atoms with Crippen molar-refractivity contribution in [3.05, 3.63) is 33.8 Å². The molecule has 0 aromatic heterocycles. The topological polar surface area (TPSA) is 32.3 Å². The van der Waals surface area contributed by atoms with Crippen LogP contribution in [-0.4, -0.2) is 30.4 Å². The van der Waals surface area contributed by atoms with E-state index in [1.165, 1.54) is 6.42 Å². The maximum Gasteiger partial charge on any atom is 0.216 e. The number of amides is 1. The third-order valence-electron chi connectivity index (χ3n) is 3.64. The van der Waals surface area contributed by atoms with Gasteiger partial charge in [-0.15, -0.1) is 0 Å². The van der Waals surface area contributed by atoms with Crippen LogP contribution >= 0.6 is 23.2 Å². The quantitative estimate of drug-likeness (QED) is 0.924. The number of halogens is 2. The lowest BCUT2D eigenvalue weighted by atomic mass is 9.97. The normalized spacial score (nSPS) is 19.9. The third kappa shape index (κ3) is 4.65. The Kier molecular flexibility index (Phi) is 5.70. The van der Waals surface area contributed by atoms with E-state index in [1.54, 1.807) is 6.92 Å². The van der Waals surface area contributed by atoms with Crippen molar-refractivity contribution in [2.45, 2.75) is 26.3 Å². The Hall–Kier alpha value is -0.770. The Labute approximate surface area is 130 Å². The van der Waals surface area contributed by atoms with Crippen LogP contribution in [0.5, 0.6) is 0 Å². The van der Waals surface area contributed by atoms with Gasteiger partial charge in [-0.1, -0.05) is 23.2 Å². The molecule has 1 N–H and O–H groups in total.